The second kappa shape index (κ2) is 9.01. The van der Waals surface area contributed by atoms with Gasteiger partial charge in [0.25, 0.3) is 5.91 Å². The number of carbonyl (C=O) groups excluding carboxylic acids is 1. The Bertz CT molecular complexity index is 1250. The average Bonchev–Trinajstić information content (AvgIpc) is 3.45. The van der Waals surface area contributed by atoms with Crippen LogP contribution in [0, 0.1) is 0 Å². The van der Waals surface area contributed by atoms with E-state index in [0.717, 1.165) is 11.1 Å². The van der Waals surface area contributed by atoms with E-state index in [0.29, 0.717) is 38.1 Å². The number of ether oxygens (including phenoxy) is 2. The number of nitrogens with one attached hydrogen (secondary N) is 1. The fourth-order valence-corrected chi connectivity index (χ4v) is 3.90. The predicted molar refractivity (Wildman–Crippen MR) is 123 cm³/mol. The quantitative estimate of drug-likeness (QED) is 0.338. The molecule has 6 nitrogen and oxygen atoms in total. The normalized spacial score (nSPS) is 10.7. The van der Waals surface area contributed by atoms with Crippen LogP contribution in [-0.4, -0.2) is 25.1 Å². The third kappa shape index (κ3) is 4.54. The largest absolute Gasteiger partial charge is 0.493 e. The van der Waals surface area contributed by atoms with Gasteiger partial charge in [-0.2, -0.15) is 0 Å². The molecule has 2 aromatic heterocycles. The number of furan rings is 1. The minimum absolute atomic E-state index is 0.156. The van der Waals surface area contributed by atoms with Crippen LogP contribution >= 0.6 is 34.5 Å². The minimum atomic E-state index is -0.403. The van der Waals surface area contributed by atoms with Crippen molar-refractivity contribution in [1.29, 1.82) is 0 Å². The maximum atomic E-state index is 12.6. The van der Waals surface area contributed by atoms with E-state index in [4.69, 9.17) is 37.1 Å². The summed E-state index contributed by atoms with van der Waals surface area (Å²) in [5.41, 5.74) is 2.27. The molecule has 0 saturated heterocycles. The lowest BCUT2D eigenvalue weighted by atomic mass is 10.1. The van der Waals surface area contributed by atoms with E-state index in [2.05, 4.69) is 10.3 Å². The number of rotatable bonds is 6. The SMILES string of the molecule is COc1ccc(-c2csc(NC(=O)c3ccc(-c4ccc(Cl)c(Cl)c4)o3)n2)cc1OC. The number of anilines is 1. The Balaban J connectivity index is 1.50. The molecule has 1 amide bonds. The Hall–Kier alpha value is -3.00. The van der Waals surface area contributed by atoms with Gasteiger partial charge in [-0.3, -0.25) is 10.1 Å². The van der Waals surface area contributed by atoms with Crippen LogP contribution in [0.4, 0.5) is 5.13 Å². The molecule has 4 rings (SSSR count). The van der Waals surface area contributed by atoms with Gasteiger partial charge in [-0.05, 0) is 48.5 Å². The Kier molecular flexibility index (Phi) is 6.18. The molecule has 9 heteroatoms. The summed E-state index contributed by atoms with van der Waals surface area (Å²) in [6.45, 7) is 0. The van der Waals surface area contributed by atoms with Gasteiger partial charge < -0.3 is 13.9 Å². The maximum absolute atomic E-state index is 12.6. The van der Waals surface area contributed by atoms with E-state index in [9.17, 15) is 4.79 Å². The van der Waals surface area contributed by atoms with Gasteiger partial charge in [-0.25, -0.2) is 4.98 Å². The van der Waals surface area contributed by atoms with Crippen molar-refractivity contribution in [3.8, 4) is 34.1 Å². The lowest BCUT2D eigenvalue weighted by Gasteiger charge is -2.08. The first-order valence-corrected chi connectivity index (χ1v) is 10.7. The first kappa shape index (κ1) is 21.2. The van der Waals surface area contributed by atoms with Crippen LogP contribution in [0.2, 0.25) is 10.0 Å². The number of hydrogen-bond acceptors (Lipinski definition) is 6. The molecule has 0 aliphatic carbocycles. The summed E-state index contributed by atoms with van der Waals surface area (Å²) < 4.78 is 16.3. The fourth-order valence-electron chi connectivity index (χ4n) is 2.88. The molecular weight excluding hydrogens is 459 g/mol. The number of carbonyl (C=O) groups is 1. The first-order valence-electron chi connectivity index (χ1n) is 9.03. The van der Waals surface area contributed by atoms with Crippen molar-refractivity contribution < 1.29 is 18.7 Å². The molecule has 0 spiro atoms. The summed E-state index contributed by atoms with van der Waals surface area (Å²) in [4.78, 5) is 17.1. The first-order chi connectivity index (χ1) is 15.0. The molecule has 0 bridgehead atoms. The fraction of sp³-hybridized carbons (Fsp3) is 0.0909. The van der Waals surface area contributed by atoms with E-state index in [1.54, 1.807) is 50.6 Å². The lowest BCUT2D eigenvalue weighted by Crippen LogP contribution is -2.10. The zero-order valence-electron chi connectivity index (χ0n) is 16.4. The number of nitrogens with zero attached hydrogens (tertiary/aromatic N) is 1. The Morgan fingerprint density at radius 3 is 2.48 bits per heavy atom. The molecule has 0 unspecified atom stereocenters. The van der Waals surface area contributed by atoms with Gasteiger partial charge in [0.15, 0.2) is 22.4 Å². The third-order valence-electron chi connectivity index (χ3n) is 4.44. The monoisotopic (exact) mass is 474 g/mol. The van der Waals surface area contributed by atoms with Gasteiger partial charge in [0.2, 0.25) is 0 Å². The number of halogens is 2. The number of amides is 1. The van der Waals surface area contributed by atoms with Crippen LogP contribution in [0.25, 0.3) is 22.6 Å². The number of thiazole rings is 1. The van der Waals surface area contributed by atoms with Crippen LogP contribution < -0.4 is 14.8 Å². The number of hydrogen-bond donors (Lipinski definition) is 1. The highest BCUT2D eigenvalue weighted by Gasteiger charge is 2.16. The highest BCUT2D eigenvalue weighted by molar-refractivity contribution is 7.14. The Morgan fingerprint density at radius 1 is 0.968 bits per heavy atom. The van der Waals surface area contributed by atoms with Crippen LogP contribution in [0.15, 0.2) is 58.3 Å². The minimum Gasteiger partial charge on any atom is -0.493 e. The Morgan fingerprint density at radius 2 is 1.74 bits per heavy atom. The van der Waals surface area contributed by atoms with E-state index < -0.39 is 5.91 Å². The van der Waals surface area contributed by atoms with Crippen LogP contribution in [0.1, 0.15) is 10.6 Å². The molecule has 0 saturated carbocycles. The van der Waals surface area contributed by atoms with E-state index in [1.807, 2.05) is 17.5 Å². The third-order valence-corrected chi connectivity index (χ3v) is 5.93. The lowest BCUT2D eigenvalue weighted by molar-refractivity contribution is 0.0997. The number of benzene rings is 2. The molecule has 0 aliphatic rings. The summed E-state index contributed by atoms with van der Waals surface area (Å²) in [5.74, 6) is 1.49. The molecule has 2 heterocycles. The highest BCUT2D eigenvalue weighted by atomic mass is 35.5. The van der Waals surface area contributed by atoms with Crippen LogP contribution in [-0.2, 0) is 0 Å². The predicted octanol–water partition coefficient (Wildman–Crippen LogP) is 6.65. The van der Waals surface area contributed by atoms with Crippen molar-refractivity contribution in [2.75, 3.05) is 19.5 Å². The van der Waals surface area contributed by atoms with Crippen molar-refractivity contribution in [3.05, 3.63) is 69.7 Å². The van der Waals surface area contributed by atoms with Gasteiger partial charge >= 0.3 is 0 Å². The summed E-state index contributed by atoms with van der Waals surface area (Å²) in [5, 5.41) is 5.91. The number of aromatic nitrogens is 1. The average molecular weight is 475 g/mol. The molecule has 158 valence electrons. The van der Waals surface area contributed by atoms with Gasteiger partial charge in [-0.1, -0.05) is 23.2 Å². The molecule has 2 aromatic carbocycles. The van der Waals surface area contributed by atoms with Crippen molar-refractivity contribution in [2.45, 2.75) is 0 Å². The molecule has 31 heavy (non-hydrogen) atoms. The molecule has 1 N–H and O–H groups in total. The number of methoxy groups -OCH3 is 2. The maximum Gasteiger partial charge on any atom is 0.293 e. The molecule has 4 aromatic rings. The van der Waals surface area contributed by atoms with Crippen molar-refractivity contribution in [1.82, 2.24) is 4.98 Å². The van der Waals surface area contributed by atoms with Gasteiger partial charge in [0, 0.05) is 16.5 Å². The highest BCUT2D eigenvalue weighted by Crippen LogP contribution is 2.34. The molecule has 0 radical (unpaired) electrons. The molecular formula is C22H16Cl2N2O4S. The summed E-state index contributed by atoms with van der Waals surface area (Å²) in [7, 11) is 3.15. The second-order valence-corrected chi connectivity index (χ2v) is 8.03. The van der Waals surface area contributed by atoms with Gasteiger partial charge in [-0.15, -0.1) is 11.3 Å². The van der Waals surface area contributed by atoms with Gasteiger partial charge in [0.1, 0.15) is 5.76 Å². The smallest absolute Gasteiger partial charge is 0.293 e. The zero-order valence-corrected chi connectivity index (χ0v) is 18.8. The Labute approximate surface area is 192 Å². The zero-order chi connectivity index (χ0) is 22.0. The van der Waals surface area contributed by atoms with Crippen LogP contribution in [0.5, 0.6) is 11.5 Å². The molecule has 0 aliphatic heterocycles. The van der Waals surface area contributed by atoms with Crippen LogP contribution in [0.3, 0.4) is 0 Å². The second-order valence-electron chi connectivity index (χ2n) is 6.35. The van der Waals surface area contributed by atoms with E-state index in [1.165, 1.54) is 11.3 Å². The standard InChI is InChI=1S/C22H16Cl2N2O4S/c1-28-18-6-4-12(10-20(18)29-2)16-11-31-22(25-16)26-21(27)19-8-7-17(30-19)13-3-5-14(23)15(24)9-13/h3-11H,1-2H3,(H,25,26,27). The van der Waals surface area contributed by atoms with E-state index >= 15 is 0 Å². The van der Waals surface area contributed by atoms with Crippen molar-refractivity contribution in [2.24, 2.45) is 0 Å². The van der Waals surface area contributed by atoms with Gasteiger partial charge in [0.05, 0.1) is 30.0 Å². The molecule has 0 atom stereocenters. The van der Waals surface area contributed by atoms with Crippen molar-refractivity contribution >= 4 is 45.6 Å². The topological polar surface area (TPSA) is 73.6 Å². The summed E-state index contributed by atoms with van der Waals surface area (Å²) in [6, 6.07) is 13.9. The summed E-state index contributed by atoms with van der Waals surface area (Å²) in [6.07, 6.45) is 0. The van der Waals surface area contributed by atoms with E-state index in [-0.39, 0.29) is 5.76 Å². The molecule has 0 fully saturated rings. The van der Waals surface area contributed by atoms with Crippen molar-refractivity contribution in [3.63, 3.8) is 0 Å². The summed E-state index contributed by atoms with van der Waals surface area (Å²) >= 11 is 13.3.